The maximum absolute atomic E-state index is 11.7. The van der Waals surface area contributed by atoms with Crippen molar-refractivity contribution in [1.82, 2.24) is 0 Å². The van der Waals surface area contributed by atoms with Gasteiger partial charge >= 0.3 is 5.97 Å². The first-order valence-corrected chi connectivity index (χ1v) is 8.46. The molecule has 0 saturated heterocycles. The van der Waals surface area contributed by atoms with Crippen molar-refractivity contribution < 1.29 is 14.3 Å². The van der Waals surface area contributed by atoms with Gasteiger partial charge in [0.05, 0.1) is 23.4 Å². The normalized spacial score (nSPS) is 10.2. The van der Waals surface area contributed by atoms with Gasteiger partial charge < -0.3 is 15.4 Å². The van der Waals surface area contributed by atoms with E-state index in [1.807, 2.05) is 31.2 Å². The van der Waals surface area contributed by atoms with Crippen LogP contribution in [0.25, 0.3) is 0 Å². The average molecular weight is 361 g/mol. The van der Waals surface area contributed by atoms with Gasteiger partial charge in [-0.1, -0.05) is 24.9 Å². The number of anilines is 3. The summed E-state index contributed by atoms with van der Waals surface area (Å²) in [6.07, 6.45) is 2.38. The molecule has 6 heteroatoms. The Labute approximate surface area is 152 Å². The first-order chi connectivity index (χ1) is 12.0. The molecular formula is C19H21ClN2O3. The summed E-state index contributed by atoms with van der Waals surface area (Å²) in [5.74, 6) is -0.416. The zero-order valence-electron chi connectivity index (χ0n) is 14.3. The third kappa shape index (κ3) is 5.50. The van der Waals surface area contributed by atoms with Gasteiger partial charge in [-0.3, -0.25) is 4.79 Å². The van der Waals surface area contributed by atoms with Gasteiger partial charge in [-0.05, 0) is 48.9 Å². The van der Waals surface area contributed by atoms with Crippen molar-refractivity contribution in [1.29, 1.82) is 0 Å². The van der Waals surface area contributed by atoms with Crippen LogP contribution in [0.2, 0.25) is 5.02 Å². The summed E-state index contributed by atoms with van der Waals surface area (Å²) in [6, 6.07) is 12.2. The highest BCUT2D eigenvalue weighted by Crippen LogP contribution is 2.27. The van der Waals surface area contributed by atoms with Gasteiger partial charge in [0.2, 0.25) is 5.91 Å². The SMILES string of the molecule is CCCCC(=O)Nc1ccc(Nc2cc(C(=O)OC)ccc2Cl)cc1. The fourth-order valence-corrected chi connectivity index (χ4v) is 2.38. The van der Waals surface area contributed by atoms with E-state index in [0.29, 0.717) is 22.7 Å². The smallest absolute Gasteiger partial charge is 0.337 e. The van der Waals surface area contributed by atoms with Crippen LogP contribution in [0.1, 0.15) is 36.5 Å². The number of ether oxygens (including phenoxy) is 1. The van der Waals surface area contributed by atoms with E-state index >= 15 is 0 Å². The number of nitrogens with one attached hydrogen (secondary N) is 2. The molecule has 0 aliphatic heterocycles. The van der Waals surface area contributed by atoms with Gasteiger partial charge in [0.1, 0.15) is 0 Å². The van der Waals surface area contributed by atoms with Crippen molar-refractivity contribution in [3.63, 3.8) is 0 Å². The van der Waals surface area contributed by atoms with E-state index in [1.165, 1.54) is 7.11 Å². The second-order valence-corrected chi connectivity index (χ2v) is 5.95. The molecule has 132 valence electrons. The van der Waals surface area contributed by atoms with Crippen LogP contribution in [0.5, 0.6) is 0 Å². The molecule has 0 aliphatic carbocycles. The number of esters is 1. The van der Waals surface area contributed by atoms with E-state index in [1.54, 1.807) is 18.2 Å². The molecular weight excluding hydrogens is 340 g/mol. The Bertz CT molecular complexity index is 745. The first-order valence-electron chi connectivity index (χ1n) is 8.08. The Morgan fingerprint density at radius 1 is 1.08 bits per heavy atom. The lowest BCUT2D eigenvalue weighted by Crippen LogP contribution is -2.10. The summed E-state index contributed by atoms with van der Waals surface area (Å²) in [6.45, 7) is 2.05. The van der Waals surface area contributed by atoms with E-state index in [9.17, 15) is 9.59 Å². The summed E-state index contributed by atoms with van der Waals surface area (Å²) in [4.78, 5) is 23.4. The molecule has 0 fully saturated rings. The number of rotatable bonds is 7. The minimum absolute atomic E-state index is 0.0105. The molecule has 0 radical (unpaired) electrons. The summed E-state index contributed by atoms with van der Waals surface area (Å²) in [5, 5.41) is 6.50. The van der Waals surface area contributed by atoms with Gasteiger partial charge in [0, 0.05) is 17.8 Å². The van der Waals surface area contributed by atoms with Gasteiger partial charge in [0.25, 0.3) is 0 Å². The molecule has 0 saturated carbocycles. The minimum atomic E-state index is -0.426. The van der Waals surface area contributed by atoms with Crippen LogP contribution in [0.4, 0.5) is 17.1 Å². The predicted molar refractivity (Wildman–Crippen MR) is 101 cm³/mol. The number of unbranched alkanes of at least 4 members (excludes halogenated alkanes) is 1. The van der Waals surface area contributed by atoms with E-state index < -0.39 is 5.97 Å². The van der Waals surface area contributed by atoms with Crippen molar-refractivity contribution in [3.8, 4) is 0 Å². The van der Waals surface area contributed by atoms with Crippen LogP contribution in [0.15, 0.2) is 42.5 Å². The highest BCUT2D eigenvalue weighted by Gasteiger charge is 2.09. The quantitative estimate of drug-likeness (QED) is 0.682. The summed E-state index contributed by atoms with van der Waals surface area (Å²) < 4.78 is 4.71. The topological polar surface area (TPSA) is 67.4 Å². The number of halogens is 1. The molecule has 0 bridgehead atoms. The van der Waals surface area contributed by atoms with Crippen LogP contribution in [-0.4, -0.2) is 19.0 Å². The van der Waals surface area contributed by atoms with Crippen molar-refractivity contribution in [2.45, 2.75) is 26.2 Å². The largest absolute Gasteiger partial charge is 0.465 e. The lowest BCUT2D eigenvalue weighted by Gasteiger charge is -2.11. The first kappa shape index (κ1) is 18.8. The Kier molecular flexibility index (Phi) is 6.83. The number of benzene rings is 2. The molecule has 2 rings (SSSR count). The van der Waals surface area contributed by atoms with Crippen molar-refractivity contribution in [2.24, 2.45) is 0 Å². The summed E-state index contributed by atoms with van der Waals surface area (Å²) >= 11 is 6.17. The fraction of sp³-hybridized carbons (Fsp3) is 0.263. The fourth-order valence-electron chi connectivity index (χ4n) is 2.22. The highest BCUT2D eigenvalue weighted by atomic mass is 35.5. The summed E-state index contributed by atoms with van der Waals surface area (Å²) in [7, 11) is 1.33. The Morgan fingerprint density at radius 2 is 1.76 bits per heavy atom. The molecule has 0 spiro atoms. The molecule has 0 aliphatic rings. The van der Waals surface area contributed by atoms with Crippen molar-refractivity contribution in [3.05, 3.63) is 53.1 Å². The molecule has 2 aromatic carbocycles. The molecule has 0 aromatic heterocycles. The average Bonchev–Trinajstić information content (AvgIpc) is 2.62. The lowest BCUT2D eigenvalue weighted by molar-refractivity contribution is -0.116. The van der Waals surface area contributed by atoms with E-state index in [-0.39, 0.29) is 5.91 Å². The standard InChI is InChI=1S/C19H21ClN2O3/c1-3-4-5-18(23)22-15-9-7-14(8-10-15)21-17-12-13(19(24)25-2)6-11-16(17)20/h6-12,21H,3-5H2,1-2H3,(H,22,23). The molecule has 0 atom stereocenters. The molecule has 2 N–H and O–H groups in total. The van der Waals surface area contributed by atoms with Crippen LogP contribution < -0.4 is 10.6 Å². The van der Waals surface area contributed by atoms with Crippen molar-refractivity contribution >= 4 is 40.5 Å². The van der Waals surface area contributed by atoms with E-state index in [2.05, 4.69) is 10.6 Å². The molecule has 2 aromatic rings. The number of amides is 1. The van der Waals surface area contributed by atoms with E-state index in [0.717, 1.165) is 24.2 Å². The molecule has 5 nitrogen and oxygen atoms in total. The third-order valence-electron chi connectivity index (χ3n) is 3.59. The van der Waals surface area contributed by atoms with Gasteiger partial charge in [-0.15, -0.1) is 0 Å². The number of hydrogen-bond acceptors (Lipinski definition) is 4. The lowest BCUT2D eigenvalue weighted by atomic mass is 10.2. The van der Waals surface area contributed by atoms with Crippen LogP contribution in [0, 0.1) is 0 Å². The zero-order valence-corrected chi connectivity index (χ0v) is 15.0. The van der Waals surface area contributed by atoms with Crippen LogP contribution in [0.3, 0.4) is 0 Å². The Hall–Kier alpha value is -2.53. The monoisotopic (exact) mass is 360 g/mol. The van der Waals surface area contributed by atoms with Crippen molar-refractivity contribution in [2.75, 3.05) is 17.7 Å². The number of carbonyl (C=O) groups is 2. The second kappa shape index (κ2) is 9.08. The molecule has 25 heavy (non-hydrogen) atoms. The number of carbonyl (C=O) groups excluding carboxylic acids is 2. The number of methoxy groups -OCH3 is 1. The minimum Gasteiger partial charge on any atom is -0.465 e. The van der Waals surface area contributed by atoms with Gasteiger partial charge in [-0.25, -0.2) is 4.79 Å². The van der Waals surface area contributed by atoms with Gasteiger partial charge in [-0.2, -0.15) is 0 Å². The maximum atomic E-state index is 11.7. The molecule has 1 amide bonds. The Morgan fingerprint density at radius 3 is 2.40 bits per heavy atom. The predicted octanol–water partition coefficient (Wildman–Crippen LogP) is 5.00. The number of hydrogen-bond donors (Lipinski definition) is 2. The third-order valence-corrected chi connectivity index (χ3v) is 3.92. The van der Waals surface area contributed by atoms with Crippen LogP contribution in [-0.2, 0) is 9.53 Å². The Balaban J connectivity index is 2.06. The zero-order chi connectivity index (χ0) is 18.2. The van der Waals surface area contributed by atoms with Gasteiger partial charge in [0.15, 0.2) is 0 Å². The van der Waals surface area contributed by atoms with E-state index in [4.69, 9.17) is 16.3 Å². The molecule has 0 unspecified atom stereocenters. The van der Waals surface area contributed by atoms with Crippen LogP contribution >= 0.6 is 11.6 Å². The molecule has 0 heterocycles. The highest BCUT2D eigenvalue weighted by molar-refractivity contribution is 6.33. The second-order valence-electron chi connectivity index (χ2n) is 5.54. The maximum Gasteiger partial charge on any atom is 0.337 e. The summed E-state index contributed by atoms with van der Waals surface area (Å²) in [5.41, 5.74) is 2.54.